The number of carbonyl (C=O) groups is 1. The summed E-state index contributed by atoms with van der Waals surface area (Å²) in [6.07, 6.45) is 2.26. The molecule has 1 aromatic heterocycles. The maximum absolute atomic E-state index is 11.4. The number of hydrogen-bond donors (Lipinski definition) is 1. The Labute approximate surface area is 153 Å². The van der Waals surface area contributed by atoms with Gasteiger partial charge in [0.15, 0.2) is 0 Å². The summed E-state index contributed by atoms with van der Waals surface area (Å²) in [5.41, 5.74) is 0.273. The minimum absolute atomic E-state index is 0.0108. The van der Waals surface area contributed by atoms with Crippen LogP contribution in [0.15, 0.2) is 18.3 Å². The van der Waals surface area contributed by atoms with E-state index in [2.05, 4.69) is 10.3 Å². The topological polar surface area (TPSA) is 113 Å². The normalized spacial score (nSPS) is 11.2. The molecule has 0 atom stereocenters. The Balaban J connectivity index is 1.95. The van der Waals surface area contributed by atoms with E-state index in [1.165, 1.54) is 12.3 Å². The third kappa shape index (κ3) is 10.6. The smallest absolute Gasteiger partial charge is 0.407 e. The largest absolute Gasteiger partial charge is 0.444 e. The predicted molar refractivity (Wildman–Crippen MR) is 95.1 cm³/mol. The number of alkyl carbamates (subject to hydrolysis) is 1. The van der Waals surface area contributed by atoms with Crippen LogP contribution >= 0.6 is 0 Å². The number of carbonyl (C=O) groups excluding carboxylic acids is 1. The summed E-state index contributed by atoms with van der Waals surface area (Å²) >= 11 is 0. The molecular weight excluding hydrogens is 342 g/mol. The van der Waals surface area contributed by atoms with Gasteiger partial charge in [-0.05, 0) is 39.7 Å². The molecule has 0 bridgehead atoms. The summed E-state index contributed by atoms with van der Waals surface area (Å²) in [6, 6.07) is 3.10. The average molecular weight is 369 g/mol. The number of nitrogens with one attached hydrogen (secondary N) is 1. The molecule has 1 heterocycles. The van der Waals surface area contributed by atoms with Gasteiger partial charge in [-0.25, -0.2) is 4.79 Å². The molecule has 9 nitrogen and oxygen atoms in total. The summed E-state index contributed by atoms with van der Waals surface area (Å²) < 4.78 is 15.9. The van der Waals surface area contributed by atoms with E-state index in [4.69, 9.17) is 14.2 Å². The molecule has 0 radical (unpaired) electrons. The van der Waals surface area contributed by atoms with Gasteiger partial charge in [0.05, 0.1) is 24.7 Å². The van der Waals surface area contributed by atoms with Crippen molar-refractivity contribution in [1.29, 1.82) is 0 Å². The molecule has 26 heavy (non-hydrogen) atoms. The van der Waals surface area contributed by atoms with Crippen molar-refractivity contribution in [3.8, 4) is 0 Å². The molecule has 0 aliphatic rings. The van der Waals surface area contributed by atoms with E-state index in [9.17, 15) is 14.9 Å². The van der Waals surface area contributed by atoms with Gasteiger partial charge in [-0.2, -0.15) is 0 Å². The van der Waals surface area contributed by atoms with Crippen molar-refractivity contribution < 1.29 is 23.9 Å². The number of pyridine rings is 1. The Hall–Kier alpha value is -2.26. The Morgan fingerprint density at radius 3 is 2.46 bits per heavy atom. The monoisotopic (exact) mass is 369 g/mol. The average Bonchev–Trinajstić information content (AvgIpc) is 2.55. The summed E-state index contributed by atoms with van der Waals surface area (Å²) in [6.45, 7) is 7.62. The van der Waals surface area contributed by atoms with Gasteiger partial charge in [0.1, 0.15) is 11.8 Å². The van der Waals surface area contributed by atoms with Gasteiger partial charge in [0.2, 0.25) is 0 Å². The molecule has 0 saturated carbocycles. The summed E-state index contributed by atoms with van der Waals surface area (Å²) in [5.74, 6) is 0. The highest BCUT2D eigenvalue weighted by atomic mass is 16.6. The molecule has 0 saturated heterocycles. The van der Waals surface area contributed by atoms with Crippen LogP contribution in [0.4, 0.5) is 10.5 Å². The first-order valence-electron chi connectivity index (χ1n) is 8.49. The minimum atomic E-state index is -0.511. The molecule has 1 amide bonds. The van der Waals surface area contributed by atoms with Gasteiger partial charge in [-0.3, -0.25) is 15.1 Å². The highest BCUT2D eigenvalue weighted by Crippen LogP contribution is 2.10. The van der Waals surface area contributed by atoms with Gasteiger partial charge in [-0.1, -0.05) is 0 Å². The SMILES string of the molecule is CC(C)(C)OC(=O)NCCOCCOCCCc1ccc([N+](=O)[O-])cn1. The van der Waals surface area contributed by atoms with Crippen molar-refractivity contribution in [2.24, 2.45) is 0 Å². The number of ether oxygens (including phenoxy) is 3. The maximum atomic E-state index is 11.4. The number of amides is 1. The first kappa shape index (κ1) is 21.8. The van der Waals surface area contributed by atoms with E-state index in [0.717, 1.165) is 12.1 Å². The number of rotatable bonds is 11. The molecular formula is C17H27N3O6. The lowest BCUT2D eigenvalue weighted by atomic mass is 10.2. The quantitative estimate of drug-likeness (QED) is 0.362. The molecule has 0 aliphatic heterocycles. The van der Waals surface area contributed by atoms with E-state index >= 15 is 0 Å². The fourth-order valence-corrected chi connectivity index (χ4v) is 1.89. The van der Waals surface area contributed by atoms with Gasteiger partial charge < -0.3 is 19.5 Å². The lowest BCUT2D eigenvalue weighted by Crippen LogP contribution is -2.34. The van der Waals surface area contributed by atoms with Gasteiger partial charge in [-0.15, -0.1) is 0 Å². The molecule has 0 unspecified atom stereocenters. The summed E-state index contributed by atoms with van der Waals surface area (Å²) in [7, 11) is 0. The van der Waals surface area contributed by atoms with Crippen molar-refractivity contribution in [2.75, 3.05) is 33.0 Å². The van der Waals surface area contributed by atoms with Crippen LogP contribution in [0.1, 0.15) is 32.9 Å². The van der Waals surface area contributed by atoms with Crippen molar-refractivity contribution in [1.82, 2.24) is 10.3 Å². The van der Waals surface area contributed by atoms with E-state index in [1.54, 1.807) is 26.8 Å². The van der Waals surface area contributed by atoms with Crippen molar-refractivity contribution in [2.45, 2.75) is 39.2 Å². The number of hydrogen-bond acceptors (Lipinski definition) is 7. The van der Waals surface area contributed by atoms with Crippen LogP contribution in [-0.4, -0.2) is 54.6 Å². The molecule has 146 valence electrons. The molecule has 1 N–H and O–H groups in total. The maximum Gasteiger partial charge on any atom is 0.407 e. The van der Waals surface area contributed by atoms with Crippen molar-refractivity contribution >= 4 is 11.8 Å². The zero-order valence-electron chi connectivity index (χ0n) is 15.5. The van der Waals surface area contributed by atoms with Crippen LogP contribution in [-0.2, 0) is 20.6 Å². The molecule has 1 aromatic rings. The van der Waals surface area contributed by atoms with Crippen LogP contribution in [0.25, 0.3) is 0 Å². The molecule has 9 heteroatoms. The highest BCUT2D eigenvalue weighted by molar-refractivity contribution is 5.67. The Kier molecular flexibility index (Phi) is 9.53. The zero-order chi connectivity index (χ0) is 19.4. The second-order valence-electron chi connectivity index (χ2n) is 6.52. The van der Waals surface area contributed by atoms with Crippen LogP contribution < -0.4 is 5.32 Å². The Morgan fingerprint density at radius 1 is 1.19 bits per heavy atom. The second-order valence-corrected chi connectivity index (χ2v) is 6.52. The van der Waals surface area contributed by atoms with E-state index in [-0.39, 0.29) is 5.69 Å². The zero-order valence-corrected chi connectivity index (χ0v) is 15.5. The summed E-state index contributed by atoms with van der Waals surface area (Å²) in [4.78, 5) is 25.5. The first-order valence-corrected chi connectivity index (χ1v) is 8.49. The standard InChI is InChI=1S/C17H27N3O6/c1-17(2,3)26-16(21)18-8-10-25-12-11-24-9-4-5-14-6-7-15(13-19-14)20(22)23/h6-7,13H,4-5,8-12H2,1-3H3,(H,18,21). The molecule has 0 aromatic carbocycles. The first-order chi connectivity index (χ1) is 12.3. The van der Waals surface area contributed by atoms with Crippen LogP contribution in [0.3, 0.4) is 0 Å². The lowest BCUT2D eigenvalue weighted by molar-refractivity contribution is -0.385. The van der Waals surface area contributed by atoms with E-state index < -0.39 is 16.6 Å². The summed E-state index contributed by atoms with van der Waals surface area (Å²) in [5, 5.41) is 13.1. The van der Waals surface area contributed by atoms with Crippen LogP contribution in [0.2, 0.25) is 0 Å². The number of aryl methyl sites for hydroxylation is 1. The number of aromatic nitrogens is 1. The Morgan fingerprint density at radius 2 is 1.88 bits per heavy atom. The Bertz CT molecular complexity index is 557. The van der Waals surface area contributed by atoms with Gasteiger partial charge in [0.25, 0.3) is 5.69 Å². The lowest BCUT2D eigenvalue weighted by Gasteiger charge is -2.19. The fraction of sp³-hybridized carbons (Fsp3) is 0.647. The minimum Gasteiger partial charge on any atom is -0.444 e. The molecule has 1 rings (SSSR count). The van der Waals surface area contributed by atoms with Crippen LogP contribution in [0.5, 0.6) is 0 Å². The molecule has 0 aliphatic carbocycles. The highest BCUT2D eigenvalue weighted by Gasteiger charge is 2.15. The van der Waals surface area contributed by atoms with E-state index in [1.807, 2.05) is 0 Å². The molecule has 0 fully saturated rings. The van der Waals surface area contributed by atoms with E-state index in [0.29, 0.717) is 39.4 Å². The fourth-order valence-electron chi connectivity index (χ4n) is 1.89. The van der Waals surface area contributed by atoms with Crippen LogP contribution in [0, 0.1) is 10.1 Å². The van der Waals surface area contributed by atoms with Gasteiger partial charge >= 0.3 is 6.09 Å². The van der Waals surface area contributed by atoms with Crippen molar-refractivity contribution in [3.05, 3.63) is 34.1 Å². The number of nitrogens with zero attached hydrogens (tertiary/aromatic N) is 2. The third-order valence-electron chi connectivity index (χ3n) is 3.03. The van der Waals surface area contributed by atoms with Crippen molar-refractivity contribution in [3.63, 3.8) is 0 Å². The number of nitro groups is 1. The second kappa shape index (κ2) is 11.4. The predicted octanol–water partition coefficient (Wildman–Crippen LogP) is 2.48. The van der Waals surface area contributed by atoms with Gasteiger partial charge in [0, 0.05) is 24.9 Å². The molecule has 0 spiro atoms. The third-order valence-corrected chi connectivity index (χ3v) is 3.03.